The van der Waals surface area contributed by atoms with Crippen molar-refractivity contribution in [3.63, 3.8) is 0 Å². The van der Waals surface area contributed by atoms with Crippen LogP contribution in [0.4, 0.5) is 5.69 Å². The number of thiazole rings is 1. The van der Waals surface area contributed by atoms with Gasteiger partial charge in [0.1, 0.15) is 24.4 Å². The summed E-state index contributed by atoms with van der Waals surface area (Å²) in [4.78, 5) is 61.5. The van der Waals surface area contributed by atoms with Gasteiger partial charge >= 0.3 is 5.97 Å². The number of aromatic nitrogens is 4. The van der Waals surface area contributed by atoms with Crippen LogP contribution in [0.15, 0.2) is 54.3 Å². The number of hydrazine groups is 1. The van der Waals surface area contributed by atoms with Crippen LogP contribution in [0.2, 0.25) is 0 Å². The molecule has 3 fully saturated rings. The first kappa shape index (κ1) is 42.5. The molecule has 0 spiro atoms. The molecule has 4 aliphatic heterocycles. The second-order valence-electron chi connectivity index (χ2n) is 18.9. The molecule has 0 radical (unpaired) electrons. The second-order valence-corrected chi connectivity index (χ2v) is 19.8. The number of pyridine rings is 2. The number of cyclic esters (lactones) is 1. The molecule has 5 atom stereocenters. The molecule has 4 aromatic heterocycles. The van der Waals surface area contributed by atoms with E-state index in [0.717, 1.165) is 87.9 Å². The average molecular weight is 888 g/mol. The number of hydrogen-bond acceptors (Lipinski definition) is 13. The van der Waals surface area contributed by atoms with Gasteiger partial charge in [-0.3, -0.25) is 29.4 Å². The van der Waals surface area contributed by atoms with Gasteiger partial charge in [0.25, 0.3) is 5.91 Å². The number of methoxy groups -OCH3 is 1. The third kappa shape index (κ3) is 8.25. The molecule has 2 amide bonds. The number of nitrogens with zero attached hydrogens (tertiary/aromatic N) is 7. The average Bonchev–Trinajstić information content (AvgIpc) is 3.89. The van der Waals surface area contributed by atoms with Crippen LogP contribution in [-0.2, 0) is 43.2 Å². The Morgan fingerprint density at radius 1 is 1.08 bits per heavy atom. The minimum Gasteiger partial charge on any atom is -0.489 e. The Hall–Kier alpha value is -5.42. The number of amides is 2. The van der Waals surface area contributed by atoms with Crippen molar-refractivity contribution in [2.24, 2.45) is 11.3 Å². The molecule has 2 saturated heterocycles. The van der Waals surface area contributed by atoms with E-state index in [9.17, 15) is 14.4 Å². The normalized spacial score (nSPS) is 24.1. The Morgan fingerprint density at radius 2 is 1.92 bits per heavy atom. The number of likely N-dealkylation sites (N-methyl/N-ethyl adjacent to an activating group) is 1. The molecular weight excluding hydrogens is 831 g/mol. The summed E-state index contributed by atoms with van der Waals surface area (Å²) in [5.41, 5.74) is 11.5. The molecule has 2 N–H and O–H groups in total. The van der Waals surface area contributed by atoms with Gasteiger partial charge in [-0.2, -0.15) is 0 Å². The van der Waals surface area contributed by atoms with E-state index in [1.807, 2.05) is 30.6 Å². The molecule has 1 saturated carbocycles. The molecule has 5 aromatic rings. The zero-order chi connectivity index (χ0) is 44.3. The number of carbonyl (C=O) groups excluding carboxylic acids is 3. The summed E-state index contributed by atoms with van der Waals surface area (Å²) in [6.45, 7) is 11.7. The number of benzene rings is 1. The number of piperazine rings is 1. The Balaban J connectivity index is 1.08. The van der Waals surface area contributed by atoms with Gasteiger partial charge in [-0.25, -0.2) is 10.4 Å². The summed E-state index contributed by atoms with van der Waals surface area (Å²) in [5.74, 6) is -0.337. The zero-order valence-corrected chi connectivity index (χ0v) is 38.1. The first-order valence-corrected chi connectivity index (χ1v) is 23.5. The number of anilines is 1. The van der Waals surface area contributed by atoms with Gasteiger partial charge in [-0.05, 0) is 81.0 Å². The van der Waals surface area contributed by atoms with E-state index in [1.165, 1.54) is 16.3 Å². The van der Waals surface area contributed by atoms with Crippen LogP contribution in [0.3, 0.4) is 0 Å². The second kappa shape index (κ2) is 17.2. The molecule has 64 heavy (non-hydrogen) atoms. The Morgan fingerprint density at radius 3 is 2.72 bits per heavy atom. The lowest BCUT2D eigenvalue weighted by molar-refractivity contribution is -0.155. The van der Waals surface area contributed by atoms with Gasteiger partial charge in [0.2, 0.25) is 5.91 Å². The van der Waals surface area contributed by atoms with Crippen LogP contribution in [0.1, 0.15) is 73.9 Å². The van der Waals surface area contributed by atoms with E-state index in [4.69, 9.17) is 24.2 Å². The highest BCUT2D eigenvalue weighted by Gasteiger charge is 2.46. The van der Waals surface area contributed by atoms with E-state index in [-0.39, 0.29) is 42.8 Å². The van der Waals surface area contributed by atoms with E-state index in [2.05, 4.69) is 69.2 Å². The molecule has 8 heterocycles. The number of carbonyl (C=O) groups is 3. The maximum atomic E-state index is 14.4. The minimum atomic E-state index is -0.907. The number of fused-ring (bicyclic) bond motifs is 6. The van der Waals surface area contributed by atoms with Crippen LogP contribution >= 0.6 is 11.3 Å². The van der Waals surface area contributed by atoms with Crippen LogP contribution in [0, 0.1) is 11.3 Å². The van der Waals surface area contributed by atoms with Crippen LogP contribution < -0.4 is 20.4 Å². The third-order valence-electron chi connectivity index (χ3n) is 13.6. The van der Waals surface area contributed by atoms with Gasteiger partial charge in [-0.1, -0.05) is 19.9 Å². The maximum Gasteiger partial charge on any atom is 0.324 e. The maximum absolute atomic E-state index is 14.4. The van der Waals surface area contributed by atoms with Crippen molar-refractivity contribution in [2.75, 3.05) is 65.0 Å². The molecule has 1 aliphatic carbocycles. The van der Waals surface area contributed by atoms with Crippen molar-refractivity contribution >= 4 is 45.7 Å². The zero-order valence-electron chi connectivity index (χ0n) is 37.3. The Bertz CT molecular complexity index is 2590. The van der Waals surface area contributed by atoms with E-state index in [0.29, 0.717) is 50.4 Å². The molecule has 6 bridgehead atoms. The van der Waals surface area contributed by atoms with Crippen LogP contribution in [-0.4, -0.2) is 119 Å². The van der Waals surface area contributed by atoms with Crippen molar-refractivity contribution in [1.29, 1.82) is 0 Å². The van der Waals surface area contributed by atoms with Gasteiger partial charge < -0.3 is 33.9 Å². The highest BCUT2D eigenvalue weighted by atomic mass is 32.1. The minimum absolute atomic E-state index is 0.0524. The summed E-state index contributed by atoms with van der Waals surface area (Å²) in [6, 6.07) is 8.81. The van der Waals surface area contributed by atoms with Gasteiger partial charge in [-0.15, -0.1) is 11.3 Å². The highest BCUT2D eigenvalue weighted by molar-refractivity contribution is 7.10. The SMILES string of the molecule is CO[C@@H](C)c1ncc(N2CCN(C)CC2)cc1-c1c2c3cc(cc4c3n1CCO4)-c1csc(n1)C[C@H](NC(=O)[C@H]1C[C@@H]1c1cccnc1)C(=O)N1CCC[C@H](N1)C(=O)OCC(C)(C)C2. The molecule has 16 heteroatoms. The number of hydrogen-bond donors (Lipinski definition) is 2. The molecular formula is C48H57N9O6S. The number of rotatable bonds is 7. The van der Waals surface area contributed by atoms with E-state index < -0.39 is 23.5 Å². The topological polar surface area (TPSA) is 156 Å². The van der Waals surface area contributed by atoms with Gasteiger partial charge in [0, 0.05) is 91.9 Å². The van der Waals surface area contributed by atoms with Gasteiger partial charge in [0.05, 0.1) is 58.7 Å². The quantitative estimate of drug-likeness (QED) is 0.198. The summed E-state index contributed by atoms with van der Waals surface area (Å²) in [7, 11) is 3.88. The Kier molecular flexibility index (Phi) is 11.4. The lowest BCUT2D eigenvalue weighted by Crippen LogP contribution is -2.60. The molecule has 15 nitrogen and oxygen atoms in total. The summed E-state index contributed by atoms with van der Waals surface area (Å²) >= 11 is 1.46. The number of ether oxygens (including phenoxy) is 3. The Labute approximate surface area is 377 Å². The van der Waals surface area contributed by atoms with Crippen molar-refractivity contribution < 1.29 is 28.6 Å². The largest absolute Gasteiger partial charge is 0.489 e. The number of nitrogens with one attached hydrogen (secondary N) is 2. The van der Waals surface area contributed by atoms with E-state index in [1.54, 1.807) is 19.5 Å². The number of esters is 1. The molecule has 5 aliphatic rings. The van der Waals surface area contributed by atoms with Gasteiger partial charge in [0.15, 0.2) is 0 Å². The highest BCUT2D eigenvalue weighted by Crippen LogP contribution is 2.48. The lowest BCUT2D eigenvalue weighted by atomic mass is 9.84. The lowest BCUT2D eigenvalue weighted by Gasteiger charge is -2.35. The molecule has 10 rings (SSSR count). The summed E-state index contributed by atoms with van der Waals surface area (Å²) in [5, 5.41) is 8.37. The molecule has 0 unspecified atom stereocenters. The first-order chi connectivity index (χ1) is 30.9. The molecule has 336 valence electrons. The third-order valence-corrected chi connectivity index (χ3v) is 14.5. The fourth-order valence-corrected chi connectivity index (χ4v) is 10.8. The van der Waals surface area contributed by atoms with Crippen molar-refractivity contribution in [1.82, 2.24) is 40.2 Å². The predicted octanol–water partition coefficient (Wildman–Crippen LogP) is 5.53. The van der Waals surface area contributed by atoms with Crippen molar-refractivity contribution in [3.05, 3.63) is 76.1 Å². The van der Waals surface area contributed by atoms with Crippen LogP contribution in [0.5, 0.6) is 5.75 Å². The smallest absolute Gasteiger partial charge is 0.324 e. The fraction of sp³-hybridized carbons (Fsp3) is 0.500. The monoisotopic (exact) mass is 887 g/mol. The van der Waals surface area contributed by atoms with Crippen molar-refractivity contribution in [2.45, 2.75) is 83.5 Å². The van der Waals surface area contributed by atoms with Crippen LogP contribution in [0.25, 0.3) is 33.4 Å². The first-order valence-electron chi connectivity index (χ1n) is 22.6. The van der Waals surface area contributed by atoms with Crippen molar-refractivity contribution in [3.8, 4) is 28.3 Å². The van der Waals surface area contributed by atoms with E-state index >= 15 is 0 Å². The predicted molar refractivity (Wildman–Crippen MR) is 244 cm³/mol. The fourth-order valence-electron chi connectivity index (χ4n) is 9.90. The summed E-state index contributed by atoms with van der Waals surface area (Å²) in [6.07, 6.45) is 7.81. The standard InChI is InChI=1S/C48H57N9O6S/c1-28(61-5)42-35(20-31(25-50-42)55-14-12-54(4)13-15-55)43-36-23-48(2,3)27-63-47(60)37-9-7-11-57(53-37)46(59)38(52-45(58)34-21-32(34)29-8-6-10-49-24-29)22-41-51-39(26-64-41)30-18-33(36)44-40(19-30)62-17-16-56(43)44/h6,8,10,18-20,24-26,28,32,34,37-38,53H,7,9,11-17,21-23,27H2,1-5H3,(H,52,58)/t28-,32+,34-,37-,38-/m0/s1. The molecule has 1 aromatic carbocycles. The summed E-state index contributed by atoms with van der Waals surface area (Å²) < 4.78 is 21.1.